The maximum absolute atomic E-state index is 5.30. The standard InChI is InChI=1S/C41H37N/c1-4-23-41(24-5-2)36-18-12-13-28(3)40(36)33-21-19-32(26-37(33)41)39-27-34(30-16-10-7-11-17-30)35-25-31(20-22-38(35)42-39)29-14-8-6-9-15-29/h6-22,25-27H,4-5,23-24H2,1-3H3. The zero-order valence-corrected chi connectivity index (χ0v) is 24.8. The summed E-state index contributed by atoms with van der Waals surface area (Å²) in [4.78, 5) is 5.30. The highest BCUT2D eigenvalue weighted by atomic mass is 14.7. The van der Waals surface area contributed by atoms with E-state index in [4.69, 9.17) is 4.98 Å². The lowest BCUT2D eigenvalue weighted by molar-refractivity contribution is 0.436. The number of fused-ring (bicyclic) bond motifs is 4. The average molecular weight is 544 g/mol. The van der Waals surface area contributed by atoms with Crippen molar-refractivity contribution in [3.63, 3.8) is 0 Å². The van der Waals surface area contributed by atoms with E-state index >= 15 is 0 Å². The Morgan fingerprint density at radius 2 is 1.24 bits per heavy atom. The molecule has 1 heteroatoms. The van der Waals surface area contributed by atoms with Gasteiger partial charge in [0.1, 0.15) is 0 Å². The number of rotatable bonds is 7. The molecule has 42 heavy (non-hydrogen) atoms. The summed E-state index contributed by atoms with van der Waals surface area (Å²) in [5.41, 5.74) is 15.4. The van der Waals surface area contributed by atoms with Crippen molar-refractivity contribution in [1.82, 2.24) is 4.98 Å². The van der Waals surface area contributed by atoms with Gasteiger partial charge in [0.2, 0.25) is 0 Å². The Morgan fingerprint density at radius 3 is 1.95 bits per heavy atom. The molecule has 0 unspecified atom stereocenters. The maximum Gasteiger partial charge on any atom is 0.0716 e. The Hall–Kier alpha value is -4.49. The third-order valence-corrected chi connectivity index (χ3v) is 9.24. The van der Waals surface area contributed by atoms with Gasteiger partial charge >= 0.3 is 0 Å². The molecule has 1 heterocycles. The monoisotopic (exact) mass is 543 g/mol. The predicted molar refractivity (Wildman–Crippen MR) is 179 cm³/mol. The first-order chi connectivity index (χ1) is 20.6. The van der Waals surface area contributed by atoms with E-state index in [1.807, 2.05) is 0 Å². The highest BCUT2D eigenvalue weighted by Crippen LogP contribution is 2.55. The van der Waals surface area contributed by atoms with Crippen molar-refractivity contribution in [2.24, 2.45) is 0 Å². The van der Waals surface area contributed by atoms with Crippen molar-refractivity contribution in [2.75, 3.05) is 0 Å². The number of nitrogens with zero attached hydrogens (tertiary/aromatic N) is 1. The van der Waals surface area contributed by atoms with E-state index < -0.39 is 0 Å². The smallest absolute Gasteiger partial charge is 0.0716 e. The molecule has 0 amide bonds. The molecule has 6 aromatic rings. The van der Waals surface area contributed by atoms with Gasteiger partial charge in [0, 0.05) is 16.4 Å². The summed E-state index contributed by atoms with van der Waals surface area (Å²) >= 11 is 0. The van der Waals surface area contributed by atoms with Crippen LogP contribution in [0.5, 0.6) is 0 Å². The minimum atomic E-state index is 0.0554. The second-order valence-corrected chi connectivity index (χ2v) is 11.9. The van der Waals surface area contributed by atoms with Crippen LogP contribution >= 0.6 is 0 Å². The van der Waals surface area contributed by atoms with Crippen LogP contribution in [0.3, 0.4) is 0 Å². The van der Waals surface area contributed by atoms with Gasteiger partial charge in [-0.1, -0.05) is 124 Å². The van der Waals surface area contributed by atoms with E-state index in [0.29, 0.717) is 0 Å². The van der Waals surface area contributed by atoms with E-state index in [2.05, 4.69) is 142 Å². The highest BCUT2D eigenvalue weighted by molar-refractivity contribution is 5.99. The summed E-state index contributed by atoms with van der Waals surface area (Å²) < 4.78 is 0. The predicted octanol–water partition coefficient (Wildman–Crippen LogP) is 11.4. The summed E-state index contributed by atoms with van der Waals surface area (Å²) in [7, 11) is 0. The minimum absolute atomic E-state index is 0.0554. The van der Waals surface area contributed by atoms with E-state index in [1.165, 1.54) is 61.0 Å². The first-order valence-electron chi connectivity index (χ1n) is 15.4. The number of benzene rings is 5. The van der Waals surface area contributed by atoms with Crippen LogP contribution in [0.4, 0.5) is 0 Å². The number of hydrogen-bond donors (Lipinski definition) is 0. The van der Waals surface area contributed by atoms with Crippen molar-refractivity contribution in [3.8, 4) is 44.6 Å². The second kappa shape index (κ2) is 10.7. The van der Waals surface area contributed by atoms with Crippen molar-refractivity contribution in [2.45, 2.75) is 51.9 Å². The normalized spacial score (nSPS) is 13.2. The fraction of sp³-hybridized carbons (Fsp3) is 0.195. The lowest BCUT2D eigenvalue weighted by atomic mass is 9.71. The van der Waals surface area contributed by atoms with Gasteiger partial charge in [-0.15, -0.1) is 0 Å². The van der Waals surface area contributed by atoms with Gasteiger partial charge in [-0.2, -0.15) is 0 Å². The molecule has 0 fully saturated rings. The molecule has 1 aliphatic carbocycles. The molecule has 0 radical (unpaired) electrons. The van der Waals surface area contributed by atoms with Gasteiger partial charge < -0.3 is 0 Å². The molecule has 1 aromatic heterocycles. The largest absolute Gasteiger partial charge is 0.248 e. The molecule has 0 saturated heterocycles. The van der Waals surface area contributed by atoms with Crippen LogP contribution in [0.25, 0.3) is 55.5 Å². The van der Waals surface area contributed by atoms with Crippen molar-refractivity contribution < 1.29 is 0 Å². The van der Waals surface area contributed by atoms with Crippen LogP contribution in [-0.2, 0) is 5.41 Å². The van der Waals surface area contributed by atoms with Crippen LogP contribution in [0.2, 0.25) is 0 Å². The van der Waals surface area contributed by atoms with Gasteiger partial charge in [-0.3, -0.25) is 0 Å². The third kappa shape index (κ3) is 4.27. The molecule has 1 aliphatic rings. The Labute approximate surface area is 249 Å². The maximum atomic E-state index is 5.30. The topological polar surface area (TPSA) is 12.9 Å². The molecular formula is C41H37N. The molecular weight excluding hydrogens is 506 g/mol. The van der Waals surface area contributed by atoms with Crippen LogP contribution < -0.4 is 0 Å². The molecule has 0 saturated carbocycles. The zero-order chi connectivity index (χ0) is 28.7. The fourth-order valence-corrected chi connectivity index (χ4v) is 7.44. The van der Waals surface area contributed by atoms with Crippen LogP contribution in [0.1, 0.15) is 56.2 Å². The second-order valence-electron chi connectivity index (χ2n) is 11.9. The molecule has 1 nitrogen and oxygen atoms in total. The SMILES string of the molecule is CCCC1(CCC)c2cc(-c3cc(-c4ccccc4)c4cc(-c5ccccc5)ccc4n3)ccc2-c2c(C)cccc21. The summed E-state index contributed by atoms with van der Waals surface area (Å²) in [5, 5.41) is 1.18. The molecule has 0 atom stereocenters. The third-order valence-electron chi connectivity index (χ3n) is 9.24. The Balaban J connectivity index is 1.44. The zero-order valence-electron chi connectivity index (χ0n) is 24.8. The Morgan fingerprint density at radius 1 is 0.548 bits per heavy atom. The van der Waals surface area contributed by atoms with Crippen LogP contribution in [-0.4, -0.2) is 4.98 Å². The highest BCUT2D eigenvalue weighted by Gasteiger charge is 2.42. The number of pyridine rings is 1. The lowest BCUT2D eigenvalue weighted by Crippen LogP contribution is -2.25. The van der Waals surface area contributed by atoms with Gasteiger partial charge in [-0.25, -0.2) is 4.98 Å². The van der Waals surface area contributed by atoms with Crippen LogP contribution in [0, 0.1) is 6.92 Å². The van der Waals surface area contributed by atoms with E-state index in [0.717, 1.165) is 36.9 Å². The van der Waals surface area contributed by atoms with Gasteiger partial charge in [0.25, 0.3) is 0 Å². The molecule has 7 rings (SSSR count). The van der Waals surface area contributed by atoms with Crippen molar-refractivity contribution >= 4 is 10.9 Å². The Kier molecular flexibility index (Phi) is 6.75. The van der Waals surface area contributed by atoms with E-state index in [-0.39, 0.29) is 5.41 Å². The quantitative estimate of drug-likeness (QED) is 0.195. The number of hydrogen-bond acceptors (Lipinski definition) is 1. The number of aromatic nitrogens is 1. The average Bonchev–Trinajstić information content (AvgIpc) is 3.31. The van der Waals surface area contributed by atoms with Crippen molar-refractivity contribution in [1.29, 1.82) is 0 Å². The molecule has 0 aliphatic heterocycles. The van der Waals surface area contributed by atoms with Crippen LogP contribution in [0.15, 0.2) is 121 Å². The van der Waals surface area contributed by atoms with Gasteiger partial charge in [-0.05, 0) is 94.1 Å². The first kappa shape index (κ1) is 26.4. The first-order valence-corrected chi connectivity index (χ1v) is 15.4. The molecule has 0 bridgehead atoms. The summed E-state index contributed by atoms with van der Waals surface area (Å²) in [6, 6.07) is 44.4. The molecule has 0 spiro atoms. The Bertz CT molecular complexity index is 1890. The van der Waals surface area contributed by atoms with Gasteiger partial charge in [0.15, 0.2) is 0 Å². The summed E-state index contributed by atoms with van der Waals surface area (Å²) in [6.07, 6.45) is 4.65. The minimum Gasteiger partial charge on any atom is -0.248 e. The molecule has 0 N–H and O–H groups in total. The van der Waals surface area contributed by atoms with Gasteiger partial charge in [0.05, 0.1) is 11.2 Å². The van der Waals surface area contributed by atoms with Crippen molar-refractivity contribution in [3.05, 3.63) is 138 Å². The van der Waals surface area contributed by atoms with E-state index in [1.54, 1.807) is 0 Å². The fourth-order valence-electron chi connectivity index (χ4n) is 7.44. The molecule has 206 valence electrons. The summed E-state index contributed by atoms with van der Waals surface area (Å²) in [6.45, 7) is 6.93. The van der Waals surface area contributed by atoms with E-state index in [9.17, 15) is 0 Å². The lowest BCUT2D eigenvalue weighted by Gasteiger charge is -2.32. The molecule has 5 aromatic carbocycles. The number of aryl methyl sites for hydroxylation is 1. The summed E-state index contributed by atoms with van der Waals surface area (Å²) in [5.74, 6) is 0.